The Morgan fingerprint density at radius 1 is 1.11 bits per heavy atom. The van der Waals surface area contributed by atoms with Crippen molar-refractivity contribution in [1.82, 2.24) is 9.21 Å². The Bertz CT molecular complexity index is 690. The van der Waals surface area contributed by atoms with Gasteiger partial charge in [0.25, 0.3) is 0 Å². The predicted molar refractivity (Wildman–Crippen MR) is 125 cm³/mol. The first-order valence-electron chi connectivity index (χ1n) is 9.24. The quantitative estimate of drug-likeness (QED) is 0.363. The first-order chi connectivity index (χ1) is 12.7. The maximum Gasteiger partial charge on any atom is 0.0765 e. The van der Waals surface area contributed by atoms with E-state index in [4.69, 9.17) is 11.6 Å². The molecule has 27 heavy (non-hydrogen) atoms. The van der Waals surface area contributed by atoms with Gasteiger partial charge in [0, 0.05) is 10.8 Å². The Labute approximate surface area is 182 Å². The van der Waals surface area contributed by atoms with Crippen LogP contribution in [0.3, 0.4) is 0 Å². The highest BCUT2D eigenvalue weighted by molar-refractivity contribution is 8.02. The second-order valence-electron chi connectivity index (χ2n) is 7.86. The number of piperidine rings is 1. The lowest BCUT2D eigenvalue weighted by atomic mass is 9.83. The normalized spacial score (nSPS) is 16.9. The summed E-state index contributed by atoms with van der Waals surface area (Å²) >= 11 is 11.4. The van der Waals surface area contributed by atoms with Crippen molar-refractivity contribution in [3.05, 3.63) is 47.0 Å². The van der Waals surface area contributed by atoms with Gasteiger partial charge in [0.05, 0.1) is 8.42 Å². The number of thiophene rings is 1. The molecule has 0 saturated carbocycles. The molecule has 1 aliphatic heterocycles. The molecule has 0 amide bonds. The average Bonchev–Trinajstić information content (AvgIpc) is 3.03. The Morgan fingerprint density at radius 3 is 2.37 bits per heavy atom. The van der Waals surface area contributed by atoms with Gasteiger partial charge >= 0.3 is 0 Å². The number of benzene rings is 1. The lowest BCUT2D eigenvalue weighted by Crippen LogP contribution is -2.34. The highest BCUT2D eigenvalue weighted by atomic mass is 35.5. The van der Waals surface area contributed by atoms with Crippen molar-refractivity contribution in [2.24, 2.45) is 5.41 Å². The van der Waals surface area contributed by atoms with Gasteiger partial charge in [0.1, 0.15) is 0 Å². The summed E-state index contributed by atoms with van der Waals surface area (Å²) in [6.45, 7) is 7.29. The second kappa shape index (κ2) is 11.1. The minimum Gasteiger partial charge on any atom is -0.306 e. The van der Waals surface area contributed by atoms with Gasteiger partial charge in [-0.25, -0.2) is 0 Å². The summed E-state index contributed by atoms with van der Waals surface area (Å²) < 4.78 is 4.78. The summed E-state index contributed by atoms with van der Waals surface area (Å²) in [6.07, 6.45) is 2.73. The van der Waals surface area contributed by atoms with Gasteiger partial charge in [0.2, 0.25) is 0 Å². The summed E-state index contributed by atoms with van der Waals surface area (Å²) in [4.78, 5) is 2.41. The highest BCUT2D eigenvalue weighted by Gasteiger charge is 2.22. The van der Waals surface area contributed by atoms with Crippen LogP contribution in [0.4, 0.5) is 0 Å². The number of rotatable bonds is 5. The maximum absolute atomic E-state index is 5.97. The molecule has 0 bridgehead atoms. The van der Waals surface area contributed by atoms with E-state index in [-0.39, 0.29) is 0 Å². The molecule has 1 aliphatic rings. The van der Waals surface area contributed by atoms with E-state index in [1.165, 1.54) is 39.9 Å². The number of hydrogen-bond donors (Lipinski definition) is 0. The van der Waals surface area contributed by atoms with Gasteiger partial charge in [-0.2, -0.15) is 0 Å². The van der Waals surface area contributed by atoms with Crippen LogP contribution in [0, 0.1) is 5.41 Å². The zero-order valence-corrected chi connectivity index (χ0v) is 20.2. The van der Waals surface area contributed by atoms with Crippen LogP contribution in [0.25, 0.3) is 0 Å². The first kappa shape index (κ1) is 23.1. The van der Waals surface area contributed by atoms with E-state index in [0.717, 1.165) is 10.8 Å². The minimum absolute atomic E-state index is 0.618. The van der Waals surface area contributed by atoms with Crippen molar-refractivity contribution >= 4 is 46.6 Å². The average molecular weight is 443 g/mol. The lowest BCUT2D eigenvalue weighted by Gasteiger charge is -2.34. The van der Waals surface area contributed by atoms with Crippen molar-refractivity contribution in [2.45, 2.75) is 40.9 Å². The Kier molecular flexibility index (Phi) is 9.53. The fourth-order valence-electron chi connectivity index (χ4n) is 2.61. The van der Waals surface area contributed by atoms with Crippen LogP contribution in [0.1, 0.15) is 32.3 Å². The number of likely N-dealkylation sites (tertiary alicyclic amines) is 1. The molecule has 150 valence electrons. The third-order valence-electron chi connectivity index (χ3n) is 4.44. The third kappa shape index (κ3) is 9.25. The predicted octanol–water partition coefficient (Wildman–Crippen LogP) is 7.00. The van der Waals surface area contributed by atoms with Crippen molar-refractivity contribution in [3.8, 4) is 0 Å². The fourth-order valence-corrected chi connectivity index (χ4v) is 6.15. The number of nitrogens with zero attached hydrogens (tertiary/aromatic N) is 2. The number of thioether (sulfide) groups is 1. The molecule has 0 aliphatic carbocycles. The van der Waals surface area contributed by atoms with Crippen molar-refractivity contribution < 1.29 is 0 Å². The lowest BCUT2D eigenvalue weighted by molar-refractivity contribution is 0.157. The second-order valence-corrected chi connectivity index (χ2v) is 12.3. The van der Waals surface area contributed by atoms with Gasteiger partial charge in [-0.15, -0.1) is 23.1 Å². The largest absolute Gasteiger partial charge is 0.306 e. The number of hydrogen-bond acceptors (Lipinski definition) is 5. The summed E-state index contributed by atoms with van der Waals surface area (Å²) in [6, 6.07) is 12.4. The topological polar surface area (TPSA) is 6.48 Å². The molecule has 6 heteroatoms. The molecule has 2 heterocycles. The molecule has 3 rings (SSSR count). The zero-order chi connectivity index (χ0) is 19.9. The Balaban J connectivity index is 0.000000244. The number of halogens is 1. The monoisotopic (exact) mass is 442 g/mol. The molecule has 0 spiro atoms. The van der Waals surface area contributed by atoms with Crippen molar-refractivity contribution in [1.29, 1.82) is 0 Å². The van der Waals surface area contributed by atoms with E-state index in [2.05, 4.69) is 62.4 Å². The van der Waals surface area contributed by atoms with Crippen molar-refractivity contribution in [3.63, 3.8) is 0 Å². The zero-order valence-electron chi connectivity index (χ0n) is 17.0. The van der Waals surface area contributed by atoms with E-state index in [1.807, 2.05) is 41.3 Å². The summed E-state index contributed by atoms with van der Waals surface area (Å²) in [5.41, 5.74) is 1.88. The van der Waals surface area contributed by atoms with E-state index < -0.39 is 0 Å². The van der Waals surface area contributed by atoms with Gasteiger partial charge in [-0.1, -0.05) is 37.6 Å². The van der Waals surface area contributed by atoms with Gasteiger partial charge < -0.3 is 4.90 Å². The maximum atomic E-state index is 5.97. The molecule has 1 saturated heterocycles. The highest BCUT2D eigenvalue weighted by Crippen LogP contribution is 2.35. The van der Waals surface area contributed by atoms with Gasteiger partial charge in [0.15, 0.2) is 0 Å². The summed E-state index contributed by atoms with van der Waals surface area (Å²) in [5.74, 6) is 0.965. The summed E-state index contributed by atoms with van der Waals surface area (Å²) in [5, 5.41) is 0.808. The van der Waals surface area contributed by atoms with Gasteiger partial charge in [-0.3, -0.25) is 4.31 Å². The third-order valence-corrected chi connectivity index (χ3v) is 8.01. The van der Waals surface area contributed by atoms with Crippen LogP contribution >= 0.6 is 46.6 Å². The van der Waals surface area contributed by atoms with Crippen LogP contribution in [-0.4, -0.2) is 43.4 Å². The van der Waals surface area contributed by atoms with Crippen LogP contribution in [0.15, 0.2) is 44.8 Å². The Hall–Kier alpha value is -0.170. The van der Waals surface area contributed by atoms with E-state index in [9.17, 15) is 0 Å². The van der Waals surface area contributed by atoms with E-state index >= 15 is 0 Å². The molecule has 2 aromatic rings. The SMILES string of the molecule is CN(C)Sc1ccc(SCc2cccc(Cl)c2)s1.CN1CCC(C)(C)CC1. The molecule has 1 aromatic carbocycles. The Morgan fingerprint density at radius 2 is 1.78 bits per heavy atom. The van der Waals surface area contributed by atoms with Crippen LogP contribution in [-0.2, 0) is 5.75 Å². The molecule has 1 aromatic heterocycles. The molecule has 0 N–H and O–H groups in total. The fraction of sp³-hybridized carbons (Fsp3) is 0.524. The summed E-state index contributed by atoms with van der Waals surface area (Å²) in [7, 11) is 6.32. The minimum atomic E-state index is 0.618. The molecular weight excluding hydrogens is 412 g/mol. The van der Waals surface area contributed by atoms with E-state index in [0.29, 0.717) is 5.41 Å². The molecule has 0 unspecified atom stereocenters. The molecule has 0 radical (unpaired) electrons. The first-order valence-corrected chi connectivity index (χ1v) is 12.2. The van der Waals surface area contributed by atoms with Crippen LogP contribution in [0.5, 0.6) is 0 Å². The van der Waals surface area contributed by atoms with Gasteiger partial charge in [-0.05, 0) is 94.3 Å². The van der Waals surface area contributed by atoms with E-state index in [1.54, 1.807) is 11.9 Å². The van der Waals surface area contributed by atoms with Crippen molar-refractivity contribution in [2.75, 3.05) is 34.2 Å². The molecule has 1 fully saturated rings. The molecule has 0 atom stereocenters. The molecular formula is C21H31ClN2S3. The van der Waals surface area contributed by atoms with Crippen LogP contribution < -0.4 is 0 Å². The van der Waals surface area contributed by atoms with Crippen LogP contribution in [0.2, 0.25) is 5.02 Å². The smallest absolute Gasteiger partial charge is 0.0765 e. The molecule has 2 nitrogen and oxygen atoms in total. The standard InChI is InChI=1S/C13H14ClNS3.C8H17N/c1-15(2)18-13-7-6-12(17-13)16-9-10-4-3-5-11(14)8-10;1-8(2)4-6-9(3)7-5-8/h3-8H,9H2,1-2H3;4-7H2,1-3H3.